The topological polar surface area (TPSA) is 120 Å². The van der Waals surface area contributed by atoms with Crippen molar-refractivity contribution in [3.05, 3.63) is 52.1 Å². The third kappa shape index (κ3) is 4.77. The summed E-state index contributed by atoms with van der Waals surface area (Å²) in [5, 5.41) is 12.3. The van der Waals surface area contributed by atoms with Crippen LogP contribution in [0, 0.1) is 25.6 Å². The van der Waals surface area contributed by atoms with Crippen molar-refractivity contribution in [3.63, 3.8) is 0 Å². The van der Waals surface area contributed by atoms with Crippen LogP contribution in [0.5, 0.6) is 0 Å². The Morgan fingerprint density at radius 1 is 1.27 bits per heavy atom. The van der Waals surface area contributed by atoms with Crippen molar-refractivity contribution in [2.75, 3.05) is 11.9 Å². The lowest BCUT2D eigenvalue weighted by Crippen LogP contribution is -2.29. The van der Waals surface area contributed by atoms with E-state index < -0.39 is 5.82 Å². The second kappa shape index (κ2) is 10.2. The summed E-state index contributed by atoms with van der Waals surface area (Å²) in [5.41, 5.74) is 4.26. The highest BCUT2D eigenvalue weighted by molar-refractivity contribution is 6.34. The van der Waals surface area contributed by atoms with E-state index in [1.54, 1.807) is 12.1 Å². The predicted molar refractivity (Wildman–Crippen MR) is 116 cm³/mol. The molecular formula is C22H29FN4O3. The van der Waals surface area contributed by atoms with E-state index >= 15 is 0 Å². The fourth-order valence-corrected chi connectivity index (χ4v) is 3.61. The van der Waals surface area contributed by atoms with E-state index in [9.17, 15) is 14.0 Å². The van der Waals surface area contributed by atoms with Crippen LogP contribution in [0.1, 0.15) is 59.6 Å². The van der Waals surface area contributed by atoms with Gasteiger partial charge in [0.25, 0.3) is 11.8 Å². The molecule has 30 heavy (non-hydrogen) atoms. The van der Waals surface area contributed by atoms with Gasteiger partial charge in [-0.3, -0.25) is 9.59 Å². The lowest BCUT2D eigenvalue weighted by atomic mass is 10.0. The van der Waals surface area contributed by atoms with Gasteiger partial charge in [-0.1, -0.05) is 26.7 Å². The van der Waals surface area contributed by atoms with Crippen LogP contribution in [0.15, 0.2) is 18.2 Å². The van der Waals surface area contributed by atoms with Crippen molar-refractivity contribution in [2.45, 2.75) is 40.5 Å². The number of hydrogen-bond donors (Lipinski definition) is 5. The van der Waals surface area contributed by atoms with Crippen molar-refractivity contribution < 1.29 is 19.2 Å². The lowest BCUT2D eigenvalue weighted by molar-refractivity contribution is -0.110. The van der Waals surface area contributed by atoms with Gasteiger partial charge in [-0.05, 0) is 49.6 Å². The van der Waals surface area contributed by atoms with Gasteiger partial charge in [0.15, 0.2) is 0 Å². The standard InChI is InChI=1S/C22H26FN3O2.H3NO/c1-5-14(6-2)11-24-22(28)20-12(3)19(25-13(20)4)10-17-16-9-15(23)7-8-18(16)26-21(17)27;1-2/h7-10,14,25H,5-6,11H2,1-4H3,(H,24,28)(H,26,27);2H,1H2. The number of H-pyrrole nitrogens is 1. The van der Waals surface area contributed by atoms with Crippen LogP contribution in [0.4, 0.5) is 10.1 Å². The average Bonchev–Trinajstić information content (AvgIpc) is 3.19. The number of nitrogens with one attached hydrogen (secondary N) is 3. The van der Waals surface area contributed by atoms with E-state index in [0.29, 0.717) is 40.5 Å². The second-order valence-corrected chi connectivity index (χ2v) is 7.26. The molecule has 0 spiro atoms. The number of aromatic amines is 1. The van der Waals surface area contributed by atoms with E-state index in [1.807, 2.05) is 13.8 Å². The first-order valence-electron chi connectivity index (χ1n) is 9.91. The van der Waals surface area contributed by atoms with Crippen molar-refractivity contribution in [1.29, 1.82) is 0 Å². The number of carbonyl (C=O) groups is 2. The summed E-state index contributed by atoms with van der Waals surface area (Å²) in [6.45, 7) is 8.56. The maximum Gasteiger partial charge on any atom is 0.256 e. The van der Waals surface area contributed by atoms with E-state index in [1.165, 1.54) is 12.1 Å². The first-order chi connectivity index (χ1) is 14.3. The zero-order valence-electron chi connectivity index (χ0n) is 17.7. The van der Waals surface area contributed by atoms with Gasteiger partial charge in [0.1, 0.15) is 5.82 Å². The molecule has 1 aliphatic heterocycles. The Labute approximate surface area is 175 Å². The minimum absolute atomic E-state index is 0.120. The smallest absolute Gasteiger partial charge is 0.256 e. The molecule has 0 radical (unpaired) electrons. The number of fused-ring (bicyclic) bond motifs is 1. The van der Waals surface area contributed by atoms with Gasteiger partial charge in [-0.2, -0.15) is 0 Å². The highest BCUT2D eigenvalue weighted by Crippen LogP contribution is 2.34. The fourth-order valence-electron chi connectivity index (χ4n) is 3.61. The lowest BCUT2D eigenvalue weighted by Gasteiger charge is -2.13. The first-order valence-corrected chi connectivity index (χ1v) is 9.91. The zero-order valence-corrected chi connectivity index (χ0v) is 17.7. The predicted octanol–water partition coefficient (Wildman–Crippen LogP) is 3.76. The fraction of sp³-hybridized carbons (Fsp3) is 0.364. The van der Waals surface area contributed by atoms with Crippen molar-refractivity contribution in [3.8, 4) is 0 Å². The molecule has 1 aromatic heterocycles. The number of amides is 2. The Morgan fingerprint density at radius 2 is 1.93 bits per heavy atom. The monoisotopic (exact) mass is 416 g/mol. The van der Waals surface area contributed by atoms with Gasteiger partial charge in [0.2, 0.25) is 0 Å². The van der Waals surface area contributed by atoms with Gasteiger partial charge >= 0.3 is 0 Å². The molecular weight excluding hydrogens is 387 g/mol. The molecule has 6 N–H and O–H groups in total. The first kappa shape index (κ1) is 23.3. The number of halogens is 1. The van der Waals surface area contributed by atoms with Gasteiger partial charge in [0, 0.05) is 29.2 Å². The highest BCUT2D eigenvalue weighted by Gasteiger charge is 2.26. The molecule has 8 heteroatoms. The van der Waals surface area contributed by atoms with Gasteiger partial charge in [-0.25, -0.2) is 10.3 Å². The Bertz CT molecular complexity index is 962. The molecule has 2 heterocycles. The molecule has 2 amide bonds. The maximum atomic E-state index is 13.6. The largest absolute Gasteiger partial charge is 0.358 e. The minimum atomic E-state index is -0.401. The summed E-state index contributed by atoms with van der Waals surface area (Å²) < 4.78 is 13.6. The van der Waals surface area contributed by atoms with Crippen molar-refractivity contribution in [2.24, 2.45) is 11.8 Å². The number of aromatic nitrogens is 1. The van der Waals surface area contributed by atoms with Crippen LogP contribution in [0.3, 0.4) is 0 Å². The van der Waals surface area contributed by atoms with Crippen molar-refractivity contribution >= 4 is 29.2 Å². The molecule has 2 aromatic rings. The molecule has 0 bridgehead atoms. The van der Waals surface area contributed by atoms with Gasteiger partial charge in [-0.15, -0.1) is 0 Å². The van der Waals surface area contributed by atoms with Gasteiger partial charge < -0.3 is 20.8 Å². The number of nitrogens with two attached hydrogens (primary N) is 1. The highest BCUT2D eigenvalue weighted by atomic mass is 19.1. The van der Waals surface area contributed by atoms with E-state index in [4.69, 9.17) is 5.21 Å². The van der Waals surface area contributed by atoms with Crippen LogP contribution in [0.25, 0.3) is 11.6 Å². The quantitative estimate of drug-likeness (QED) is 0.364. The number of benzene rings is 1. The summed E-state index contributed by atoms with van der Waals surface area (Å²) in [5.74, 6) is 3.15. The normalized spacial score (nSPS) is 13.7. The summed E-state index contributed by atoms with van der Waals surface area (Å²) in [6.07, 6.45) is 3.72. The SMILES string of the molecule is CCC(CC)CNC(=O)c1c(C)[nH]c(C=C2C(=O)Nc3ccc(F)cc32)c1C.NO. The molecule has 3 rings (SSSR count). The van der Waals surface area contributed by atoms with Crippen LogP contribution < -0.4 is 16.5 Å². The van der Waals surface area contributed by atoms with E-state index in [-0.39, 0.29) is 11.8 Å². The molecule has 0 aliphatic carbocycles. The average molecular weight is 416 g/mol. The molecule has 0 saturated heterocycles. The summed E-state index contributed by atoms with van der Waals surface area (Å²) >= 11 is 0. The molecule has 0 fully saturated rings. The summed E-state index contributed by atoms with van der Waals surface area (Å²) in [7, 11) is 0. The Hall–Kier alpha value is -2.97. The van der Waals surface area contributed by atoms with Crippen LogP contribution in [0.2, 0.25) is 0 Å². The number of aryl methyl sites for hydroxylation is 1. The number of rotatable bonds is 6. The summed E-state index contributed by atoms with van der Waals surface area (Å²) in [6, 6.07) is 4.20. The van der Waals surface area contributed by atoms with Crippen molar-refractivity contribution in [1.82, 2.24) is 10.3 Å². The van der Waals surface area contributed by atoms with Crippen LogP contribution in [-0.4, -0.2) is 28.6 Å². The third-order valence-corrected chi connectivity index (χ3v) is 5.46. The minimum Gasteiger partial charge on any atom is -0.358 e. The Balaban J connectivity index is 0.00000155. The number of hydrogen-bond acceptors (Lipinski definition) is 4. The van der Waals surface area contributed by atoms with Crippen LogP contribution in [-0.2, 0) is 4.79 Å². The zero-order chi connectivity index (χ0) is 22.4. The number of anilines is 1. The molecule has 7 nitrogen and oxygen atoms in total. The molecule has 0 unspecified atom stereocenters. The molecule has 0 saturated carbocycles. The molecule has 0 atom stereocenters. The Morgan fingerprint density at radius 3 is 2.57 bits per heavy atom. The summed E-state index contributed by atoms with van der Waals surface area (Å²) in [4.78, 5) is 28.2. The van der Waals surface area contributed by atoms with E-state index in [2.05, 4.69) is 35.4 Å². The molecule has 1 aromatic carbocycles. The Kier molecular flexibility index (Phi) is 7.91. The maximum absolute atomic E-state index is 13.6. The molecule has 1 aliphatic rings. The second-order valence-electron chi connectivity index (χ2n) is 7.26. The number of carbonyl (C=O) groups excluding carboxylic acids is 2. The molecule has 162 valence electrons. The van der Waals surface area contributed by atoms with E-state index in [0.717, 1.165) is 24.1 Å². The van der Waals surface area contributed by atoms with Gasteiger partial charge in [0.05, 0.1) is 11.1 Å². The van der Waals surface area contributed by atoms with Crippen LogP contribution >= 0.6 is 0 Å². The third-order valence-electron chi connectivity index (χ3n) is 5.46.